The van der Waals surface area contributed by atoms with Gasteiger partial charge in [0.15, 0.2) is 0 Å². The first-order valence-corrected chi connectivity index (χ1v) is 11.5. The van der Waals surface area contributed by atoms with Crippen molar-refractivity contribution in [2.45, 2.75) is 49.6 Å². The van der Waals surface area contributed by atoms with Crippen LogP contribution in [0.5, 0.6) is 0 Å². The van der Waals surface area contributed by atoms with Gasteiger partial charge in [0, 0.05) is 19.5 Å². The zero-order chi connectivity index (χ0) is 21.3. The molecule has 3 aromatic rings. The average molecular weight is 429 g/mol. The van der Waals surface area contributed by atoms with E-state index in [0.29, 0.717) is 19.3 Å². The standard InChI is InChI=1S/C22H25FN4O2S/c1-16-3-11-20(12-4-16)30(28,29)27-19(10-14-22-24-15-25-26(22)2)9-13-21(27)17-5-7-18(23)8-6-17/h3-8,11-12,15,19,21H,9-10,13-14H2,1-2H3. The van der Waals surface area contributed by atoms with Gasteiger partial charge in [-0.3, -0.25) is 4.68 Å². The molecule has 2 aromatic carbocycles. The van der Waals surface area contributed by atoms with Gasteiger partial charge in [-0.05, 0) is 56.0 Å². The van der Waals surface area contributed by atoms with Crippen LogP contribution in [0.25, 0.3) is 0 Å². The average Bonchev–Trinajstić information content (AvgIpc) is 3.33. The Morgan fingerprint density at radius 3 is 2.40 bits per heavy atom. The fourth-order valence-electron chi connectivity index (χ4n) is 4.17. The summed E-state index contributed by atoms with van der Waals surface area (Å²) in [5.74, 6) is 0.497. The number of benzene rings is 2. The van der Waals surface area contributed by atoms with Gasteiger partial charge in [0.1, 0.15) is 18.0 Å². The molecule has 0 radical (unpaired) electrons. The topological polar surface area (TPSA) is 68.1 Å². The minimum Gasteiger partial charge on any atom is -0.253 e. The number of aryl methyl sites for hydroxylation is 3. The number of hydrogen-bond acceptors (Lipinski definition) is 4. The summed E-state index contributed by atoms with van der Waals surface area (Å²) in [6.07, 6.45) is 4.23. The molecule has 0 N–H and O–H groups in total. The van der Waals surface area contributed by atoms with Crippen molar-refractivity contribution >= 4 is 10.0 Å². The minimum absolute atomic E-state index is 0.164. The van der Waals surface area contributed by atoms with E-state index in [1.165, 1.54) is 18.5 Å². The molecular weight excluding hydrogens is 403 g/mol. The highest BCUT2D eigenvalue weighted by molar-refractivity contribution is 7.89. The van der Waals surface area contributed by atoms with Gasteiger partial charge in [-0.15, -0.1) is 0 Å². The van der Waals surface area contributed by atoms with Crippen LogP contribution in [0, 0.1) is 12.7 Å². The molecule has 1 saturated heterocycles. The predicted octanol–water partition coefficient (Wildman–Crippen LogP) is 3.79. The quantitative estimate of drug-likeness (QED) is 0.599. The molecule has 1 aromatic heterocycles. The zero-order valence-electron chi connectivity index (χ0n) is 17.1. The number of rotatable bonds is 6. The summed E-state index contributed by atoms with van der Waals surface area (Å²) in [5.41, 5.74) is 1.82. The number of sulfonamides is 1. The lowest BCUT2D eigenvalue weighted by atomic mass is 10.0. The van der Waals surface area contributed by atoms with Crippen LogP contribution in [0.3, 0.4) is 0 Å². The monoisotopic (exact) mass is 428 g/mol. The van der Waals surface area contributed by atoms with Gasteiger partial charge in [-0.25, -0.2) is 17.8 Å². The Bertz CT molecular complexity index is 1110. The second kappa shape index (κ2) is 8.28. The highest BCUT2D eigenvalue weighted by Crippen LogP contribution is 2.42. The molecule has 4 rings (SSSR count). The Labute approximate surface area is 176 Å². The van der Waals surface area contributed by atoms with Crippen LogP contribution in [0.2, 0.25) is 0 Å². The van der Waals surface area contributed by atoms with E-state index in [-0.39, 0.29) is 22.8 Å². The largest absolute Gasteiger partial charge is 0.253 e. The molecule has 1 fully saturated rings. The summed E-state index contributed by atoms with van der Waals surface area (Å²) in [4.78, 5) is 4.54. The molecule has 6 nitrogen and oxygen atoms in total. The van der Waals surface area contributed by atoms with E-state index < -0.39 is 10.0 Å². The molecule has 2 atom stereocenters. The fourth-order valence-corrected chi connectivity index (χ4v) is 6.06. The minimum atomic E-state index is -3.72. The molecule has 1 aliphatic rings. The maximum atomic E-state index is 13.7. The molecule has 30 heavy (non-hydrogen) atoms. The Hall–Kier alpha value is -2.58. The molecule has 0 aliphatic carbocycles. The molecule has 1 aliphatic heterocycles. The van der Waals surface area contributed by atoms with Crippen molar-refractivity contribution in [1.82, 2.24) is 19.1 Å². The Balaban J connectivity index is 1.68. The lowest BCUT2D eigenvalue weighted by molar-refractivity contribution is 0.311. The first kappa shape index (κ1) is 20.7. The van der Waals surface area contributed by atoms with E-state index >= 15 is 0 Å². The third-order valence-corrected chi connectivity index (χ3v) is 7.77. The molecule has 8 heteroatoms. The first-order chi connectivity index (χ1) is 14.4. The maximum absolute atomic E-state index is 13.7. The summed E-state index contributed by atoms with van der Waals surface area (Å²) < 4.78 is 44.1. The van der Waals surface area contributed by atoms with Gasteiger partial charge in [0.2, 0.25) is 10.0 Å². The molecule has 158 valence electrons. The second-order valence-electron chi connectivity index (χ2n) is 7.79. The van der Waals surface area contributed by atoms with Gasteiger partial charge in [0.25, 0.3) is 0 Å². The molecule has 0 bridgehead atoms. The summed E-state index contributed by atoms with van der Waals surface area (Å²) in [7, 11) is -1.88. The van der Waals surface area contributed by atoms with E-state index in [9.17, 15) is 12.8 Å². The Morgan fingerprint density at radius 2 is 1.77 bits per heavy atom. The summed E-state index contributed by atoms with van der Waals surface area (Å²) >= 11 is 0. The van der Waals surface area contributed by atoms with Gasteiger partial charge in [0.05, 0.1) is 10.9 Å². The molecule has 0 saturated carbocycles. The highest BCUT2D eigenvalue weighted by Gasteiger charge is 2.42. The van der Waals surface area contributed by atoms with E-state index in [0.717, 1.165) is 23.4 Å². The van der Waals surface area contributed by atoms with E-state index in [2.05, 4.69) is 10.1 Å². The lowest BCUT2D eigenvalue weighted by Crippen LogP contribution is -2.37. The van der Waals surface area contributed by atoms with Crippen molar-refractivity contribution < 1.29 is 12.8 Å². The smallest absolute Gasteiger partial charge is 0.243 e. The van der Waals surface area contributed by atoms with Crippen LogP contribution in [-0.2, 0) is 23.5 Å². The van der Waals surface area contributed by atoms with Crippen molar-refractivity contribution in [3.63, 3.8) is 0 Å². The van der Waals surface area contributed by atoms with Crippen LogP contribution in [0.4, 0.5) is 4.39 Å². The Morgan fingerprint density at radius 1 is 1.07 bits per heavy atom. The predicted molar refractivity (Wildman–Crippen MR) is 112 cm³/mol. The number of hydrogen-bond donors (Lipinski definition) is 0. The van der Waals surface area contributed by atoms with Crippen LogP contribution in [-0.4, -0.2) is 33.5 Å². The van der Waals surface area contributed by atoms with Crippen LogP contribution < -0.4 is 0 Å². The number of halogens is 1. The lowest BCUT2D eigenvalue weighted by Gasteiger charge is -2.30. The summed E-state index contributed by atoms with van der Waals surface area (Å²) in [6.45, 7) is 1.93. The van der Waals surface area contributed by atoms with Gasteiger partial charge < -0.3 is 0 Å². The van der Waals surface area contributed by atoms with Crippen molar-refractivity contribution in [2.24, 2.45) is 7.05 Å². The van der Waals surface area contributed by atoms with Crippen LogP contribution in [0.1, 0.15) is 42.3 Å². The molecule has 2 unspecified atom stereocenters. The normalized spacial score (nSPS) is 20.0. The molecule has 2 heterocycles. The summed E-state index contributed by atoms with van der Waals surface area (Å²) in [6, 6.07) is 12.6. The highest BCUT2D eigenvalue weighted by atomic mass is 32.2. The van der Waals surface area contributed by atoms with Crippen LogP contribution in [0.15, 0.2) is 59.8 Å². The molecule has 0 amide bonds. The summed E-state index contributed by atoms with van der Waals surface area (Å²) in [5, 5.41) is 4.09. The van der Waals surface area contributed by atoms with E-state index in [1.54, 1.807) is 33.3 Å². The van der Waals surface area contributed by atoms with E-state index in [4.69, 9.17) is 0 Å². The SMILES string of the molecule is Cc1ccc(S(=O)(=O)N2C(CCc3ncnn3C)CCC2c2ccc(F)cc2)cc1. The first-order valence-electron chi connectivity index (χ1n) is 10.0. The molecular formula is C22H25FN4O2S. The second-order valence-corrected chi connectivity index (χ2v) is 9.63. The number of nitrogens with zero attached hydrogens (tertiary/aromatic N) is 4. The number of aromatic nitrogens is 3. The fraction of sp³-hybridized carbons (Fsp3) is 0.364. The third-order valence-electron chi connectivity index (χ3n) is 5.80. The van der Waals surface area contributed by atoms with Gasteiger partial charge in [-0.1, -0.05) is 29.8 Å². The van der Waals surface area contributed by atoms with Gasteiger partial charge >= 0.3 is 0 Å². The van der Waals surface area contributed by atoms with Crippen molar-refractivity contribution in [3.05, 3.63) is 77.6 Å². The van der Waals surface area contributed by atoms with Crippen molar-refractivity contribution in [3.8, 4) is 0 Å². The zero-order valence-corrected chi connectivity index (χ0v) is 17.9. The van der Waals surface area contributed by atoms with Crippen LogP contribution >= 0.6 is 0 Å². The third kappa shape index (κ3) is 4.02. The van der Waals surface area contributed by atoms with Crippen molar-refractivity contribution in [2.75, 3.05) is 0 Å². The maximum Gasteiger partial charge on any atom is 0.243 e. The van der Waals surface area contributed by atoms with E-state index in [1.807, 2.05) is 26.1 Å². The Kier molecular flexibility index (Phi) is 5.71. The van der Waals surface area contributed by atoms with Gasteiger partial charge in [-0.2, -0.15) is 9.40 Å². The van der Waals surface area contributed by atoms with Crippen molar-refractivity contribution in [1.29, 1.82) is 0 Å². The molecule has 0 spiro atoms.